The van der Waals surface area contributed by atoms with Crippen LogP contribution in [-0.4, -0.2) is 36.2 Å². The summed E-state index contributed by atoms with van der Waals surface area (Å²) in [6, 6.07) is 6.36. The van der Waals surface area contributed by atoms with Crippen molar-refractivity contribution >= 4 is 6.09 Å². The Labute approximate surface area is 118 Å². The number of carbonyl (C=O) groups is 1. The quantitative estimate of drug-likeness (QED) is 0.860. The minimum Gasteiger partial charge on any atom is -0.444 e. The first-order chi connectivity index (χ1) is 9.35. The van der Waals surface area contributed by atoms with E-state index in [2.05, 4.69) is 5.32 Å². The molecular formula is C15H21FN2O2. The fourth-order valence-electron chi connectivity index (χ4n) is 2.16. The Kier molecular flexibility index (Phi) is 4.28. The van der Waals surface area contributed by atoms with Gasteiger partial charge in [0.15, 0.2) is 0 Å². The van der Waals surface area contributed by atoms with E-state index >= 15 is 0 Å². The summed E-state index contributed by atoms with van der Waals surface area (Å²) in [5.41, 5.74) is 0.479. The van der Waals surface area contributed by atoms with Gasteiger partial charge in [-0.05, 0) is 38.5 Å². The lowest BCUT2D eigenvalue weighted by molar-refractivity contribution is 0.0195. The van der Waals surface area contributed by atoms with E-state index in [1.54, 1.807) is 17.0 Å². The zero-order valence-electron chi connectivity index (χ0n) is 12.1. The number of hydrogen-bond donors (Lipinski definition) is 1. The largest absolute Gasteiger partial charge is 0.444 e. The summed E-state index contributed by atoms with van der Waals surface area (Å²) in [4.78, 5) is 13.8. The fourth-order valence-corrected chi connectivity index (χ4v) is 2.16. The molecule has 0 saturated carbocycles. The van der Waals surface area contributed by atoms with Gasteiger partial charge in [-0.3, -0.25) is 0 Å². The van der Waals surface area contributed by atoms with E-state index in [0.717, 1.165) is 5.56 Å². The number of hydrogen-bond acceptors (Lipinski definition) is 3. The van der Waals surface area contributed by atoms with Crippen molar-refractivity contribution in [1.82, 2.24) is 10.2 Å². The average Bonchev–Trinajstić information content (AvgIpc) is 2.38. The Morgan fingerprint density at radius 3 is 2.60 bits per heavy atom. The summed E-state index contributed by atoms with van der Waals surface area (Å²) in [5, 5.41) is 3.33. The minimum absolute atomic E-state index is 0.0110. The van der Waals surface area contributed by atoms with E-state index in [0.29, 0.717) is 19.6 Å². The highest BCUT2D eigenvalue weighted by molar-refractivity contribution is 5.68. The second-order valence-electron chi connectivity index (χ2n) is 5.98. The van der Waals surface area contributed by atoms with Gasteiger partial charge in [-0.2, -0.15) is 0 Å². The third-order valence-corrected chi connectivity index (χ3v) is 3.10. The van der Waals surface area contributed by atoms with Crippen LogP contribution in [0.3, 0.4) is 0 Å². The third-order valence-electron chi connectivity index (χ3n) is 3.10. The SMILES string of the molecule is CC(C)(C)OC(=O)N1CCN[C@@H](c2ccc(F)cc2)C1. The Morgan fingerprint density at radius 1 is 1.35 bits per heavy atom. The highest BCUT2D eigenvalue weighted by Gasteiger charge is 2.27. The molecule has 1 saturated heterocycles. The van der Waals surface area contributed by atoms with Crippen LogP contribution in [0.25, 0.3) is 0 Å². The van der Waals surface area contributed by atoms with Gasteiger partial charge in [0.25, 0.3) is 0 Å². The molecule has 2 rings (SSSR count). The second kappa shape index (κ2) is 5.79. The number of rotatable bonds is 1. The number of amides is 1. The van der Waals surface area contributed by atoms with Gasteiger partial charge >= 0.3 is 6.09 Å². The smallest absolute Gasteiger partial charge is 0.410 e. The standard InChI is InChI=1S/C15H21FN2O2/c1-15(2,3)20-14(19)18-9-8-17-13(10-18)11-4-6-12(16)7-5-11/h4-7,13,17H,8-10H2,1-3H3/t13-/m1/s1. The predicted octanol–water partition coefficient (Wildman–Crippen LogP) is 2.71. The molecular weight excluding hydrogens is 259 g/mol. The van der Waals surface area contributed by atoms with Crippen LogP contribution in [0.1, 0.15) is 32.4 Å². The van der Waals surface area contributed by atoms with E-state index in [1.165, 1.54) is 12.1 Å². The van der Waals surface area contributed by atoms with Crippen molar-refractivity contribution in [3.63, 3.8) is 0 Å². The molecule has 1 fully saturated rings. The van der Waals surface area contributed by atoms with Crippen LogP contribution in [0.2, 0.25) is 0 Å². The molecule has 1 aliphatic rings. The van der Waals surface area contributed by atoms with E-state index in [9.17, 15) is 9.18 Å². The Bertz CT molecular complexity index is 468. The number of nitrogens with zero attached hydrogens (tertiary/aromatic N) is 1. The van der Waals surface area contributed by atoms with E-state index in [1.807, 2.05) is 20.8 Å². The molecule has 4 nitrogen and oxygen atoms in total. The molecule has 0 aliphatic carbocycles. The van der Waals surface area contributed by atoms with E-state index in [4.69, 9.17) is 4.74 Å². The van der Waals surface area contributed by atoms with Crippen molar-refractivity contribution in [3.8, 4) is 0 Å². The number of nitrogens with one attached hydrogen (secondary N) is 1. The molecule has 0 radical (unpaired) electrons. The van der Waals surface area contributed by atoms with Crippen LogP contribution in [0.4, 0.5) is 9.18 Å². The van der Waals surface area contributed by atoms with Crippen molar-refractivity contribution in [1.29, 1.82) is 0 Å². The normalized spacial score (nSPS) is 19.8. The third kappa shape index (κ3) is 3.93. The molecule has 110 valence electrons. The van der Waals surface area contributed by atoms with Crippen molar-refractivity contribution in [2.45, 2.75) is 32.4 Å². The number of piperazine rings is 1. The Morgan fingerprint density at radius 2 is 2.00 bits per heavy atom. The van der Waals surface area contributed by atoms with Crippen molar-refractivity contribution < 1.29 is 13.9 Å². The van der Waals surface area contributed by atoms with Gasteiger partial charge < -0.3 is 15.0 Å². The number of carbonyl (C=O) groups excluding carboxylic acids is 1. The van der Waals surface area contributed by atoms with Crippen molar-refractivity contribution in [2.24, 2.45) is 0 Å². The number of halogens is 1. The molecule has 1 aliphatic heterocycles. The molecule has 0 bridgehead atoms. The lowest BCUT2D eigenvalue weighted by atomic mass is 10.0. The van der Waals surface area contributed by atoms with Crippen molar-refractivity contribution in [2.75, 3.05) is 19.6 Å². The first-order valence-corrected chi connectivity index (χ1v) is 6.82. The van der Waals surface area contributed by atoms with E-state index < -0.39 is 5.60 Å². The first-order valence-electron chi connectivity index (χ1n) is 6.82. The topological polar surface area (TPSA) is 41.6 Å². The highest BCUT2D eigenvalue weighted by Crippen LogP contribution is 2.19. The van der Waals surface area contributed by atoms with Crippen molar-refractivity contribution in [3.05, 3.63) is 35.6 Å². The molecule has 5 heteroatoms. The van der Waals surface area contributed by atoms with Crippen LogP contribution >= 0.6 is 0 Å². The zero-order chi connectivity index (χ0) is 14.8. The molecule has 1 heterocycles. The van der Waals surface area contributed by atoms with Crippen LogP contribution in [-0.2, 0) is 4.74 Å². The lowest BCUT2D eigenvalue weighted by Gasteiger charge is -2.35. The van der Waals surface area contributed by atoms with Crippen LogP contribution in [0, 0.1) is 5.82 Å². The Hall–Kier alpha value is -1.62. The average molecular weight is 280 g/mol. The first kappa shape index (κ1) is 14.8. The Balaban J connectivity index is 2.01. The molecule has 1 amide bonds. The maximum atomic E-state index is 12.9. The lowest BCUT2D eigenvalue weighted by Crippen LogP contribution is -2.49. The molecule has 0 aromatic heterocycles. The van der Waals surface area contributed by atoms with Crippen LogP contribution in [0.5, 0.6) is 0 Å². The number of ether oxygens (including phenoxy) is 1. The van der Waals surface area contributed by atoms with Gasteiger partial charge in [0.2, 0.25) is 0 Å². The fraction of sp³-hybridized carbons (Fsp3) is 0.533. The summed E-state index contributed by atoms with van der Waals surface area (Å²) in [5.74, 6) is -0.256. The monoisotopic (exact) mass is 280 g/mol. The summed E-state index contributed by atoms with van der Waals surface area (Å²) in [6.45, 7) is 7.40. The summed E-state index contributed by atoms with van der Waals surface area (Å²) in [6.07, 6.45) is -0.300. The molecule has 1 aromatic carbocycles. The number of benzene rings is 1. The van der Waals surface area contributed by atoms with E-state index in [-0.39, 0.29) is 18.0 Å². The van der Waals surface area contributed by atoms with Gasteiger partial charge in [-0.25, -0.2) is 9.18 Å². The highest BCUT2D eigenvalue weighted by atomic mass is 19.1. The van der Waals surface area contributed by atoms with Gasteiger partial charge in [0.05, 0.1) is 6.04 Å². The van der Waals surface area contributed by atoms with Gasteiger partial charge in [-0.1, -0.05) is 12.1 Å². The maximum Gasteiger partial charge on any atom is 0.410 e. The summed E-state index contributed by atoms with van der Waals surface area (Å²) < 4.78 is 18.3. The van der Waals surface area contributed by atoms with Crippen LogP contribution < -0.4 is 5.32 Å². The van der Waals surface area contributed by atoms with Crippen LogP contribution in [0.15, 0.2) is 24.3 Å². The molecule has 1 aromatic rings. The maximum absolute atomic E-state index is 12.9. The molecule has 20 heavy (non-hydrogen) atoms. The van der Waals surface area contributed by atoms with Gasteiger partial charge in [0, 0.05) is 19.6 Å². The molecule has 1 N–H and O–H groups in total. The zero-order valence-corrected chi connectivity index (χ0v) is 12.1. The minimum atomic E-state index is -0.493. The summed E-state index contributed by atoms with van der Waals surface area (Å²) in [7, 11) is 0. The molecule has 1 atom stereocenters. The molecule has 0 spiro atoms. The van der Waals surface area contributed by atoms with Gasteiger partial charge in [-0.15, -0.1) is 0 Å². The molecule has 0 unspecified atom stereocenters. The summed E-state index contributed by atoms with van der Waals surface area (Å²) >= 11 is 0. The van der Waals surface area contributed by atoms with Gasteiger partial charge in [0.1, 0.15) is 11.4 Å². The second-order valence-corrected chi connectivity index (χ2v) is 5.98. The predicted molar refractivity (Wildman–Crippen MR) is 75.0 cm³/mol.